The fraction of sp³-hybridized carbons (Fsp3) is 0.378. The maximum Gasteiger partial charge on any atom is 0.262 e. The zero-order chi connectivity index (χ0) is 34.4. The third kappa shape index (κ3) is 6.21. The summed E-state index contributed by atoms with van der Waals surface area (Å²) in [6, 6.07) is 18.9. The molecule has 5 heterocycles. The third-order valence-electron chi connectivity index (χ3n) is 10.1. The van der Waals surface area contributed by atoms with Crippen molar-refractivity contribution in [2.45, 2.75) is 31.4 Å². The fourth-order valence-electron chi connectivity index (χ4n) is 7.15. The Balaban J connectivity index is 0.757. The number of thiazole rings is 1. The van der Waals surface area contributed by atoms with Gasteiger partial charge in [-0.05, 0) is 73.5 Å². The van der Waals surface area contributed by atoms with Gasteiger partial charge in [-0.15, -0.1) is 11.3 Å². The number of ether oxygens (including phenoxy) is 2. The van der Waals surface area contributed by atoms with Crippen LogP contribution in [0, 0.1) is 0 Å². The van der Waals surface area contributed by atoms with Crippen LogP contribution in [-0.2, 0) is 14.3 Å². The van der Waals surface area contributed by atoms with E-state index >= 15 is 0 Å². The van der Waals surface area contributed by atoms with Crippen molar-refractivity contribution in [3.8, 4) is 16.3 Å². The Bertz CT molecular complexity index is 1970. The van der Waals surface area contributed by atoms with Crippen molar-refractivity contribution in [2.75, 3.05) is 69.3 Å². The summed E-state index contributed by atoms with van der Waals surface area (Å²) in [6.45, 7) is 6.87. The zero-order valence-corrected chi connectivity index (χ0v) is 28.6. The van der Waals surface area contributed by atoms with Crippen molar-refractivity contribution < 1.29 is 28.7 Å². The van der Waals surface area contributed by atoms with E-state index in [9.17, 15) is 19.2 Å². The van der Waals surface area contributed by atoms with E-state index in [2.05, 4.69) is 44.3 Å². The summed E-state index contributed by atoms with van der Waals surface area (Å²) in [5, 5.41) is 3.24. The Morgan fingerprint density at radius 3 is 2.38 bits per heavy atom. The van der Waals surface area contributed by atoms with E-state index in [-0.39, 0.29) is 24.9 Å². The van der Waals surface area contributed by atoms with Gasteiger partial charge in [-0.1, -0.05) is 0 Å². The molecule has 0 saturated carbocycles. The van der Waals surface area contributed by atoms with Gasteiger partial charge >= 0.3 is 0 Å². The number of hydrogen-bond acceptors (Lipinski definition) is 11. The number of fused-ring (bicyclic) bond motifs is 2. The number of piperazine rings is 1. The first-order chi connectivity index (χ1) is 24.3. The normalized spacial score (nSPS) is 20.0. The monoisotopic (exact) mass is 694 g/mol. The predicted molar refractivity (Wildman–Crippen MR) is 190 cm³/mol. The molecule has 0 aliphatic carbocycles. The van der Waals surface area contributed by atoms with Gasteiger partial charge in [0.25, 0.3) is 11.8 Å². The molecule has 3 fully saturated rings. The summed E-state index contributed by atoms with van der Waals surface area (Å²) in [5.41, 5.74) is 4.79. The molecule has 1 unspecified atom stereocenters. The summed E-state index contributed by atoms with van der Waals surface area (Å²) in [6.07, 6.45) is 1.45. The number of nitrogens with zero attached hydrogens (tertiary/aromatic N) is 5. The van der Waals surface area contributed by atoms with Crippen LogP contribution < -0.4 is 19.9 Å². The Morgan fingerprint density at radius 2 is 1.62 bits per heavy atom. The number of hydrogen-bond donors (Lipinski definition) is 1. The molecule has 1 aromatic heterocycles. The molecule has 3 saturated heterocycles. The fourth-order valence-corrected chi connectivity index (χ4v) is 8.15. The summed E-state index contributed by atoms with van der Waals surface area (Å²) < 4.78 is 12.6. The second-order valence-electron chi connectivity index (χ2n) is 13.2. The summed E-state index contributed by atoms with van der Waals surface area (Å²) in [5.74, 6) is -1.10. The zero-order valence-electron chi connectivity index (χ0n) is 27.8. The van der Waals surface area contributed by atoms with Crippen LogP contribution in [0.1, 0.15) is 40.0 Å². The number of rotatable bonds is 10. The number of imide groups is 2. The Morgan fingerprint density at radius 1 is 0.860 bits per heavy atom. The number of aromatic nitrogens is 1. The number of piperidine rings is 1. The first-order valence-electron chi connectivity index (χ1n) is 17.1. The second-order valence-corrected chi connectivity index (χ2v) is 14.2. The van der Waals surface area contributed by atoms with E-state index in [1.807, 2.05) is 24.3 Å². The topological polar surface area (TPSA) is 125 Å². The van der Waals surface area contributed by atoms with Gasteiger partial charge in [0.15, 0.2) is 0 Å². The SMILES string of the molecule is COc1ccc2nc(-c3ccc(N4CC(OCCCN5CCN(c6ccc7c(c6)C(=O)N(C6CCC(=O)NC6=O)C7=O)CC5)C4)cc3)sc2c1. The number of nitrogens with one attached hydrogen (secondary N) is 1. The highest BCUT2D eigenvalue weighted by Gasteiger charge is 2.44. The lowest BCUT2D eigenvalue weighted by atomic mass is 10.0. The van der Waals surface area contributed by atoms with Crippen LogP contribution >= 0.6 is 11.3 Å². The maximum atomic E-state index is 13.2. The molecule has 8 rings (SSSR count). The van der Waals surface area contributed by atoms with Gasteiger partial charge in [-0.2, -0.15) is 0 Å². The first-order valence-corrected chi connectivity index (χ1v) is 17.9. The molecule has 13 heteroatoms. The van der Waals surface area contributed by atoms with Crippen LogP contribution in [0.2, 0.25) is 0 Å². The van der Waals surface area contributed by atoms with Crippen molar-refractivity contribution in [1.29, 1.82) is 0 Å². The van der Waals surface area contributed by atoms with Crippen molar-refractivity contribution in [3.05, 3.63) is 71.8 Å². The Hall–Kier alpha value is -4.85. The molecular weight excluding hydrogens is 657 g/mol. The molecule has 0 radical (unpaired) electrons. The quantitative estimate of drug-likeness (QED) is 0.194. The molecule has 50 heavy (non-hydrogen) atoms. The van der Waals surface area contributed by atoms with Crippen molar-refractivity contribution in [3.63, 3.8) is 0 Å². The Kier molecular flexibility index (Phi) is 8.71. The van der Waals surface area contributed by atoms with Crippen LogP contribution in [0.4, 0.5) is 11.4 Å². The average molecular weight is 695 g/mol. The molecule has 0 bridgehead atoms. The van der Waals surface area contributed by atoms with Crippen LogP contribution in [0.5, 0.6) is 5.75 Å². The molecule has 4 aliphatic heterocycles. The summed E-state index contributed by atoms with van der Waals surface area (Å²) in [7, 11) is 1.68. The number of carbonyl (C=O) groups excluding carboxylic acids is 4. The molecule has 1 atom stereocenters. The molecule has 4 aliphatic rings. The predicted octanol–water partition coefficient (Wildman–Crippen LogP) is 3.79. The number of benzene rings is 3. The molecule has 258 valence electrons. The number of methoxy groups -OCH3 is 1. The van der Waals surface area contributed by atoms with Gasteiger partial charge in [-0.3, -0.25) is 34.3 Å². The van der Waals surface area contributed by atoms with Crippen LogP contribution in [0.25, 0.3) is 20.8 Å². The first kappa shape index (κ1) is 32.4. The molecule has 12 nitrogen and oxygen atoms in total. The minimum Gasteiger partial charge on any atom is -0.497 e. The minimum absolute atomic E-state index is 0.102. The lowest BCUT2D eigenvalue weighted by Gasteiger charge is -2.41. The Labute approximate surface area is 293 Å². The van der Waals surface area contributed by atoms with Gasteiger partial charge < -0.3 is 19.3 Å². The average Bonchev–Trinajstić information content (AvgIpc) is 3.65. The van der Waals surface area contributed by atoms with Crippen LogP contribution in [-0.4, -0.2) is 110 Å². The molecular formula is C37H38N6O6S. The van der Waals surface area contributed by atoms with Gasteiger partial charge in [0.2, 0.25) is 11.8 Å². The van der Waals surface area contributed by atoms with Crippen molar-refractivity contribution in [2.24, 2.45) is 0 Å². The van der Waals surface area contributed by atoms with E-state index in [0.29, 0.717) is 11.1 Å². The minimum atomic E-state index is -0.959. The highest BCUT2D eigenvalue weighted by Crippen LogP contribution is 2.34. The van der Waals surface area contributed by atoms with E-state index in [0.717, 1.165) is 96.0 Å². The lowest BCUT2D eigenvalue weighted by Crippen LogP contribution is -2.54. The van der Waals surface area contributed by atoms with Crippen molar-refractivity contribution in [1.82, 2.24) is 20.1 Å². The lowest BCUT2D eigenvalue weighted by molar-refractivity contribution is -0.136. The van der Waals surface area contributed by atoms with Crippen LogP contribution in [0.3, 0.4) is 0 Å². The molecule has 4 aromatic rings. The van der Waals surface area contributed by atoms with Gasteiger partial charge in [0.05, 0.1) is 34.6 Å². The highest BCUT2D eigenvalue weighted by molar-refractivity contribution is 7.21. The highest BCUT2D eigenvalue weighted by atomic mass is 32.1. The molecule has 1 N–H and O–H groups in total. The second kappa shape index (κ2) is 13.5. The largest absolute Gasteiger partial charge is 0.497 e. The summed E-state index contributed by atoms with van der Waals surface area (Å²) in [4.78, 5) is 63.0. The standard InChI is InChI=1S/C37H38N6O6S/c1-48-26-8-10-30-32(20-26)50-35(38-30)23-3-5-24(6-4-23)42-21-27(22-42)49-18-2-13-40-14-16-41(17-15-40)25-7-9-28-29(19-25)37(47)43(36(28)46)31-11-12-33(44)39-34(31)45/h3-10,19-20,27,31H,2,11-18,21-22H2,1H3,(H,39,44,45). The third-order valence-corrected chi connectivity index (χ3v) is 11.1. The van der Waals surface area contributed by atoms with Gasteiger partial charge in [0, 0.05) is 75.8 Å². The van der Waals surface area contributed by atoms with E-state index in [1.54, 1.807) is 30.6 Å². The number of carbonyl (C=O) groups is 4. The van der Waals surface area contributed by atoms with E-state index < -0.39 is 23.8 Å². The smallest absolute Gasteiger partial charge is 0.262 e. The number of anilines is 2. The number of amides is 4. The van der Waals surface area contributed by atoms with E-state index in [1.165, 1.54) is 5.69 Å². The molecule has 4 amide bonds. The summed E-state index contributed by atoms with van der Waals surface area (Å²) >= 11 is 1.67. The molecule has 0 spiro atoms. The van der Waals surface area contributed by atoms with Crippen molar-refractivity contribution >= 4 is 56.6 Å². The maximum absolute atomic E-state index is 13.2. The van der Waals surface area contributed by atoms with Gasteiger partial charge in [-0.25, -0.2) is 4.98 Å². The van der Waals surface area contributed by atoms with E-state index in [4.69, 9.17) is 14.5 Å². The van der Waals surface area contributed by atoms with Gasteiger partial charge in [0.1, 0.15) is 16.8 Å². The molecule has 3 aromatic carbocycles. The van der Waals surface area contributed by atoms with Crippen LogP contribution in [0.15, 0.2) is 60.7 Å².